The van der Waals surface area contributed by atoms with Gasteiger partial charge in [-0.25, -0.2) is 0 Å². The molecule has 0 saturated heterocycles. The molecule has 346 valence electrons. The van der Waals surface area contributed by atoms with E-state index in [0.717, 1.165) is 77.5 Å². The zero-order valence-corrected chi connectivity index (χ0v) is 42.1. The fraction of sp³-hybridized carbons (Fsp3) is 0.182. The summed E-state index contributed by atoms with van der Waals surface area (Å²) in [6.45, 7) is 21.0. The van der Waals surface area contributed by atoms with E-state index in [1.807, 2.05) is 12.1 Å². The molecule has 5 heteroatoms. The molecule has 0 spiro atoms. The van der Waals surface area contributed by atoms with Gasteiger partial charge < -0.3 is 18.6 Å². The summed E-state index contributed by atoms with van der Waals surface area (Å²) in [4.78, 5) is 5.11. The Morgan fingerprint density at radius 2 is 0.789 bits per heavy atom. The number of nitrogens with zero attached hydrogens (tertiary/aromatic N) is 2. The van der Waals surface area contributed by atoms with Gasteiger partial charge in [0.1, 0.15) is 22.3 Å². The Hall–Kier alpha value is -7.76. The molecule has 9 aromatic carbocycles. The van der Waals surface area contributed by atoms with Gasteiger partial charge in [0.15, 0.2) is 0 Å². The number of fused-ring (bicyclic) bond motifs is 10. The first-order chi connectivity index (χ1) is 34.1. The van der Waals surface area contributed by atoms with Crippen LogP contribution in [0.3, 0.4) is 0 Å². The lowest BCUT2D eigenvalue weighted by atomic mass is 9.33. The smallest absolute Gasteiger partial charge is 0.252 e. The molecule has 4 nitrogen and oxygen atoms in total. The highest BCUT2D eigenvalue weighted by atomic mass is 16.3. The largest absolute Gasteiger partial charge is 0.455 e. The third-order valence-electron chi connectivity index (χ3n) is 15.3. The van der Waals surface area contributed by atoms with Crippen LogP contribution in [0.1, 0.15) is 79.0 Å². The van der Waals surface area contributed by atoms with Crippen LogP contribution in [-0.2, 0) is 16.2 Å². The highest BCUT2D eigenvalue weighted by Crippen LogP contribution is 2.48. The Morgan fingerprint density at radius 1 is 0.352 bits per heavy atom. The van der Waals surface area contributed by atoms with Gasteiger partial charge in [0, 0.05) is 66.8 Å². The fourth-order valence-electron chi connectivity index (χ4n) is 11.4. The maximum Gasteiger partial charge on any atom is 0.252 e. The second kappa shape index (κ2) is 15.4. The quantitative estimate of drug-likeness (QED) is 0.165. The maximum absolute atomic E-state index is 6.55. The van der Waals surface area contributed by atoms with E-state index in [0.29, 0.717) is 0 Å². The highest BCUT2D eigenvalue weighted by Gasteiger charge is 2.45. The van der Waals surface area contributed by atoms with E-state index in [1.54, 1.807) is 0 Å². The molecule has 11 aromatic rings. The lowest BCUT2D eigenvalue weighted by molar-refractivity contribution is 0.589. The van der Waals surface area contributed by atoms with E-state index in [1.165, 1.54) is 55.8 Å². The highest BCUT2D eigenvalue weighted by molar-refractivity contribution is 7.00. The van der Waals surface area contributed by atoms with Crippen LogP contribution in [0.15, 0.2) is 191 Å². The molecule has 0 N–H and O–H groups in total. The summed E-state index contributed by atoms with van der Waals surface area (Å²) in [6.07, 6.45) is 0. The number of benzene rings is 9. The zero-order valence-electron chi connectivity index (χ0n) is 42.1. The van der Waals surface area contributed by atoms with Crippen molar-refractivity contribution in [1.29, 1.82) is 0 Å². The minimum Gasteiger partial charge on any atom is -0.455 e. The number of furan rings is 2. The van der Waals surface area contributed by atoms with Crippen molar-refractivity contribution in [2.75, 3.05) is 9.80 Å². The molecule has 0 amide bonds. The zero-order chi connectivity index (χ0) is 48.7. The first kappa shape index (κ1) is 43.3. The van der Waals surface area contributed by atoms with Gasteiger partial charge in [-0.05, 0) is 121 Å². The van der Waals surface area contributed by atoms with Crippen molar-refractivity contribution < 1.29 is 8.83 Å². The van der Waals surface area contributed by atoms with Crippen molar-refractivity contribution >= 4 is 101 Å². The molecule has 0 aliphatic carbocycles. The van der Waals surface area contributed by atoms with Gasteiger partial charge >= 0.3 is 0 Å². The molecule has 2 aromatic heterocycles. The van der Waals surface area contributed by atoms with Crippen molar-refractivity contribution in [3.8, 4) is 22.3 Å². The van der Waals surface area contributed by atoms with Crippen LogP contribution in [0.25, 0.3) is 66.1 Å². The molecule has 0 unspecified atom stereocenters. The summed E-state index contributed by atoms with van der Waals surface area (Å²) in [7, 11) is 0. The fourth-order valence-corrected chi connectivity index (χ4v) is 11.4. The Labute approximate surface area is 417 Å². The molecule has 0 fully saturated rings. The van der Waals surface area contributed by atoms with Gasteiger partial charge in [0.25, 0.3) is 6.71 Å². The molecule has 71 heavy (non-hydrogen) atoms. The molecule has 0 saturated carbocycles. The van der Waals surface area contributed by atoms with Gasteiger partial charge in [-0.15, -0.1) is 0 Å². The first-order valence-corrected chi connectivity index (χ1v) is 25.2. The van der Waals surface area contributed by atoms with Crippen molar-refractivity contribution in [2.24, 2.45) is 0 Å². The summed E-state index contributed by atoms with van der Waals surface area (Å²) in [5.41, 5.74) is 22.8. The van der Waals surface area contributed by atoms with Crippen LogP contribution in [0, 0.1) is 0 Å². The molecule has 2 aliphatic rings. The van der Waals surface area contributed by atoms with Crippen LogP contribution in [0.5, 0.6) is 0 Å². The van der Waals surface area contributed by atoms with Crippen molar-refractivity contribution in [3.63, 3.8) is 0 Å². The predicted octanol–water partition coefficient (Wildman–Crippen LogP) is 16.8. The molecule has 0 bridgehead atoms. The third kappa shape index (κ3) is 6.80. The maximum atomic E-state index is 6.55. The lowest BCUT2D eigenvalue weighted by Crippen LogP contribution is -2.61. The van der Waals surface area contributed by atoms with E-state index in [9.17, 15) is 0 Å². The predicted molar refractivity (Wildman–Crippen MR) is 302 cm³/mol. The lowest BCUT2D eigenvalue weighted by Gasteiger charge is -2.45. The van der Waals surface area contributed by atoms with Crippen LogP contribution >= 0.6 is 0 Å². The van der Waals surface area contributed by atoms with Crippen LogP contribution in [0.4, 0.5) is 34.1 Å². The van der Waals surface area contributed by atoms with Gasteiger partial charge in [0.2, 0.25) is 0 Å². The van der Waals surface area contributed by atoms with Gasteiger partial charge in [0.05, 0.1) is 0 Å². The second-order valence-electron chi connectivity index (χ2n) is 23.0. The monoisotopic (exact) mass is 920 g/mol. The molecular weight excluding hydrogens is 864 g/mol. The molecule has 4 heterocycles. The average molecular weight is 921 g/mol. The van der Waals surface area contributed by atoms with E-state index < -0.39 is 0 Å². The number of hydrogen-bond donors (Lipinski definition) is 0. The van der Waals surface area contributed by atoms with Crippen molar-refractivity contribution in [1.82, 2.24) is 0 Å². The average Bonchev–Trinajstić information content (AvgIpc) is 3.94. The Balaban J connectivity index is 1.03. The van der Waals surface area contributed by atoms with E-state index >= 15 is 0 Å². The third-order valence-corrected chi connectivity index (χ3v) is 15.3. The molecule has 0 atom stereocenters. The second-order valence-corrected chi connectivity index (χ2v) is 23.0. The topological polar surface area (TPSA) is 32.8 Å². The minimum atomic E-state index is -0.146. The Morgan fingerprint density at radius 3 is 1.30 bits per heavy atom. The summed E-state index contributed by atoms with van der Waals surface area (Å²) >= 11 is 0. The van der Waals surface area contributed by atoms with Crippen molar-refractivity contribution in [3.05, 3.63) is 199 Å². The normalized spacial score (nSPS) is 13.6. The number of hydrogen-bond acceptors (Lipinski definition) is 4. The summed E-state index contributed by atoms with van der Waals surface area (Å²) in [5.74, 6) is 0. The summed E-state index contributed by atoms with van der Waals surface area (Å²) in [6, 6.07) is 67.5. The minimum absolute atomic E-state index is 0.00208. The Kier molecular flexibility index (Phi) is 9.37. The summed E-state index contributed by atoms with van der Waals surface area (Å²) in [5, 5.41) is 4.55. The molecule has 0 radical (unpaired) electrons. The summed E-state index contributed by atoms with van der Waals surface area (Å²) < 4.78 is 13.1. The standard InChI is InChI=1S/C66H57BN2O2/c1-64(2,3)42-29-35-55-54(36-42)67-53-34-28-43(65(4,5)6)37-56(53)69(46-32-26-41(27-33-46)48-19-15-21-52-50-17-11-13-23-60(50)71-63(48)52)58-39-44(66(7,8)9)38-57(61(58)67)68(55)45-30-24-40(25-31-45)47-18-14-20-51-49-16-10-12-22-59(49)70-62(47)51/h10-39H,1-9H3. The first-order valence-electron chi connectivity index (χ1n) is 25.2. The van der Waals surface area contributed by atoms with E-state index in [2.05, 4.69) is 242 Å². The SMILES string of the molecule is CC(C)(C)c1ccc2c(c1)B1c3ccc(C(C)(C)C)cc3N(c3ccc(-c4cccc5c4oc4ccccc45)cc3)c3cc(C(C)(C)C)cc(c31)N2c1ccc(-c2cccc3c2oc2ccccc23)cc1. The number of para-hydroxylation sites is 4. The molecule has 13 rings (SSSR count). The van der Waals surface area contributed by atoms with Gasteiger partial charge in [-0.3, -0.25) is 0 Å². The van der Waals surface area contributed by atoms with Crippen LogP contribution < -0.4 is 26.2 Å². The van der Waals surface area contributed by atoms with Crippen molar-refractivity contribution in [2.45, 2.75) is 78.6 Å². The van der Waals surface area contributed by atoms with E-state index in [-0.39, 0.29) is 23.0 Å². The van der Waals surface area contributed by atoms with Crippen LogP contribution in [-0.4, -0.2) is 6.71 Å². The molecular formula is C66H57BN2O2. The number of anilines is 6. The Bertz CT molecular complexity index is 3950. The number of rotatable bonds is 4. The van der Waals surface area contributed by atoms with E-state index in [4.69, 9.17) is 8.83 Å². The van der Waals surface area contributed by atoms with Gasteiger partial charge in [-0.1, -0.05) is 184 Å². The molecule has 2 aliphatic heterocycles. The van der Waals surface area contributed by atoms with Crippen LogP contribution in [0.2, 0.25) is 0 Å². The van der Waals surface area contributed by atoms with Gasteiger partial charge in [-0.2, -0.15) is 0 Å².